The SMILES string of the molecule is C[C@H](CCC(=O)O)[C@H]1CC[C@H]2[C@@H]3[C@@H](O)C[C@@H]4CC(=O)CC[C@]4(C)[C@@]3(O)CC(=O)[C@]12C. The van der Waals surface area contributed by atoms with Crippen molar-refractivity contribution in [2.45, 2.75) is 90.3 Å². The molecule has 0 aromatic rings. The lowest BCUT2D eigenvalue weighted by Gasteiger charge is -2.65. The molecule has 0 saturated heterocycles. The number of carboxylic acids is 1. The van der Waals surface area contributed by atoms with E-state index in [0.29, 0.717) is 32.1 Å². The van der Waals surface area contributed by atoms with E-state index in [4.69, 9.17) is 5.11 Å². The van der Waals surface area contributed by atoms with E-state index in [0.717, 1.165) is 12.8 Å². The van der Waals surface area contributed by atoms with Crippen LogP contribution in [0.5, 0.6) is 0 Å². The van der Waals surface area contributed by atoms with Crippen LogP contribution in [-0.4, -0.2) is 44.6 Å². The van der Waals surface area contributed by atoms with Gasteiger partial charge >= 0.3 is 5.97 Å². The van der Waals surface area contributed by atoms with Gasteiger partial charge in [0, 0.05) is 42.4 Å². The van der Waals surface area contributed by atoms with E-state index in [1.165, 1.54) is 0 Å². The van der Waals surface area contributed by atoms with E-state index < -0.39 is 28.5 Å². The number of hydrogen-bond acceptors (Lipinski definition) is 5. The van der Waals surface area contributed by atoms with Crippen molar-refractivity contribution in [2.75, 3.05) is 0 Å². The van der Waals surface area contributed by atoms with Gasteiger partial charge in [-0.3, -0.25) is 14.4 Å². The molecule has 0 spiro atoms. The molecule has 4 aliphatic rings. The molecule has 4 fully saturated rings. The molecule has 6 heteroatoms. The summed E-state index contributed by atoms with van der Waals surface area (Å²) in [6, 6.07) is 0. The van der Waals surface area contributed by atoms with Gasteiger partial charge in [0.25, 0.3) is 0 Å². The van der Waals surface area contributed by atoms with Crippen molar-refractivity contribution < 1.29 is 29.7 Å². The first kappa shape index (κ1) is 21.9. The molecule has 30 heavy (non-hydrogen) atoms. The zero-order valence-corrected chi connectivity index (χ0v) is 18.4. The van der Waals surface area contributed by atoms with Crippen LogP contribution in [0.1, 0.15) is 78.6 Å². The highest BCUT2D eigenvalue weighted by Gasteiger charge is 2.72. The average molecular weight is 421 g/mol. The molecule has 0 aromatic heterocycles. The summed E-state index contributed by atoms with van der Waals surface area (Å²) in [6.07, 6.45) is 3.44. The second-order valence-corrected chi connectivity index (χ2v) is 11.2. The number of hydrogen-bond donors (Lipinski definition) is 3. The Hall–Kier alpha value is -1.27. The third-order valence-corrected chi connectivity index (χ3v) is 10.1. The first-order valence-corrected chi connectivity index (χ1v) is 11.6. The standard InChI is InChI=1S/C24H36O6/c1-13(4-7-20(28)29)16-5-6-17-21-18(26)11-14-10-15(25)8-9-22(14,2)24(21,30)12-19(27)23(16,17)3/h13-14,16-18,21,26,30H,4-12H2,1-3H3,(H,28,29)/t13-,14+,16-,17+,18+,21-,22+,23-,24-/m1/s1. The third-order valence-electron chi connectivity index (χ3n) is 10.1. The van der Waals surface area contributed by atoms with Crippen molar-refractivity contribution in [2.24, 2.45) is 40.4 Å². The Morgan fingerprint density at radius 1 is 1.23 bits per heavy atom. The first-order valence-electron chi connectivity index (χ1n) is 11.6. The summed E-state index contributed by atoms with van der Waals surface area (Å²) >= 11 is 0. The number of fused-ring (bicyclic) bond motifs is 5. The van der Waals surface area contributed by atoms with E-state index in [1.54, 1.807) is 0 Å². The monoisotopic (exact) mass is 420 g/mol. The van der Waals surface area contributed by atoms with E-state index in [-0.39, 0.29) is 54.0 Å². The lowest BCUT2D eigenvalue weighted by Crippen LogP contribution is -2.71. The van der Waals surface area contributed by atoms with Crippen LogP contribution in [-0.2, 0) is 14.4 Å². The van der Waals surface area contributed by atoms with Crippen LogP contribution in [0.4, 0.5) is 0 Å². The third kappa shape index (κ3) is 2.85. The van der Waals surface area contributed by atoms with Gasteiger partial charge in [0.2, 0.25) is 0 Å². The highest BCUT2D eigenvalue weighted by molar-refractivity contribution is 5.88. The summed E-state index contributed by atoms with van der Waals surface area (Å²) in [4.78, 5) is 36.8. The quantitative estimate of drug-likeness (QED) is 0.645. The van der Waals surface area contributed by atoms with Gasteiger partial charge in [0.15, 0.2) is 0 Å². The zero-order valence-electron chi connectivity index (χ0n) is 18.4. The number of ketones is 2. The van der Waals surface area contributed by atoms with Crippen LogP contribution in [0.2, 0.25) is 0 Å². The Labute approximate surface area is 178 Å². The number of aliphatic hydroxyl groups excluding tert-OH is 1. The summed E-state index contributed by atoms with van der Waals surface area (Å²) in [7, 11) is 0. The minimum atomic E-state index is -1.28. The van der Waals surface area contributed by atoms with Crippen molar-refractivity contribution in [1.82, 2.24) is 0 Å². The molecule has 3 N–H and O–H groups in total. The molecule has 6 nitrogen and oxygen atoms in total. The van der Waals surface area contributed by atoms with Crippen LogP contribution in [0.3, 0.4) is 0 Å². The Bertz CT molecular complexity index is 763. The smallest absolute Gasteiger partial charge is 0.303 e. The second-order valence-electron chi connectivity index (χ2n) is 11.2. The minimum Gasteiger partial charge on any atom is -0.481 e. The summed E-state index contributed by atoms with van der Waals surface area (Å²) in [5, 5.41) is 32.3. The predicted molar refractivity (Wildman–Crippen MR) is 109 cm³/mol. The maximum absolute atomic E-state index is 13.7. The number of carboxylic acid groups (broad SMARTS) is 1. The number of Topliss-reactive ketones (excluding diaryl/α,β-unsaturated/α-hetero) is 2. The molecule has 0 heterocycles. The van der Waals surface area contributed by atoms with Crippen LogP contribution in [0.25, 0.3) is 0 Å². The van der Waals surface area contributed by atoms with E-state index in [1.807, 2.05) is 20.8 Å². The van der Waals surface area contributed by atoms with Crippen molar-refractivity contribution in [3.63, 3.8) is 0 Å². The maximum Gasteiger partial charge on any atom is 0.303 e. The number of carbonyl (C=O) groups is 3. The van der Waals surface area contributed by atoms with Gasteiger partial charge in [-0.1, -0.05) is 20.8 Å². The number of rotatable bonds is 4. The number of aliphatic carboxylic acids is 1. The van der Waals surface area contributed by atoms with Gasteiger partial charge in [-0.15, -0.1) is 0 Å². The second kappa shape index (κ2) is 7.13. The zero-order chi connectivity index (χ0) is 22.1. The van der Waals surface area contributed by atoms with Crippen LogP contribution >= 0.6 is 0 Å². The Balaban J connectivity index is 1.68. The van der Waals surface area contributed by atoms with Crippen molar-refractivity contribution >= 4 is 17.5 Å². The van der Waals surface area contributed by atoms with Crippen LogP contribution < -0.4 is 0 Å². The van der Waals surface area contributed by atoms with Crippen LogP contribution in [0.15, 0.2) is 0 Å². The fourth-order valence-corrected chi connectivity index (χ4v) is 8.24. The molecule has 0 bridgehead atoms. The van der Waals surface area contributed by atoms with Gasteiger partial charge in [0.05, 0.1) is 11.7 Å². The predicted octanol–water partition coefficient (Wildman–Crippen LogP) is 2.98. The molecule has 0 aromatic carbocycles. The van der Waals surface area contributed by atoms with Crippen molar-refractivity contribution in [1.29, 1.82) is 0 Å². The van der Waals surface area contributed by atoms with E-state index in [9.17, 15) is 24.6 Å². The molecule has 168 valence electrons. The topological polar surface area (TPSA) is 112 Å². The molecular formula is C24H36O6. The lowest BCUT2D eigenvalue weighted by atomic mass is 9.41. The molecular weight excluding hydrogens is 384 g/mol. The fourth-order valence-electron chi connectivity index (χ4n) is 8.24. The first-order chi connectivity index (χ1) is 13.9. The van der Waals surface area contributed by atoms with Crippen molar-refractivity contribution in [3.05, 3.63) is 0 Å². The normalized spacial score (nSPS) is 49.2. The van der Waals surface area contributed by atoms with Crippen LogP contribution in [0, 0.1) is 40.4 Å². The maximum atomic E-state index is 13.7. The molecule has 4 aliphatic carbocycles. The largest absolute Gasteiger partial charge is 0.481 e. The molecule has 9 atom stereocenters. The molecule has 0 amide bonds. The number of aliphatic hydroxyl groups is 2. The van der Waals surface area contributed by atoms with E-state index in [2.05, 4.69) is 0 Å². The Kier molecular flexibility index (Phi) is 5.21. The molecule has 0 aliphatic heterocycles. The summed E-state index contributed by atoms with van der Waals surface area (Å²) in [6.45, 7) is 6.07. The summed E-state index contributed by atoms with van der Waals surface area (Å²) < 4.78 is 0. The molecule has 4 saturated carbocycles. The lowest BCUT2D eigenvalue weighted by molar-refractivity contribution is -0.253. The Morgan fingerprint density at radius 3 is 2.60 bits per heavy atom. The molecule has 0 unspecified atom stereocenters. The summed E-state index contributed by atoms with van der Waals surface area (Å²) in [5.41, 5.74) is -2.45. The number of carbonyl (C=O) groups excluding carboxylic acids is 2. The van der Waals surface area contributed by atoms with Gasteiger partial charge < -0.3 is 15.3 Å². The molecule has 0 radical (unpaired) electrons. The average Bonchev–Trinajstić information content (AvgIpc) is 3.00. The van der Waals surface area contributed by atoms with Crippen molar-refractivity contribution in [3.8, 4) is 0 Å². The van der Waals surface area contributed by atoms with Gasteiger partial charge in [-0.05, 0) is 55.8 Å². The Morgan fingerprint density at radius 2 is 1.93 bits per heavy atom. The van der Waals surface area contributed by atoms with Gasteiger partial charge in [-0.2, -0.15) is 0 Å². The fraction of sp³-hybridized carbons (Fsp3) is 0.875. The van der Waals surface area contributed by atoms with Gasteiger partial charge in [0.1, 0.15) is 11.6 Å². The van der Waals surface area contributed by atoms with E-state index >= 15 is 0 Å². The minimum absolute atomic E-state index is 0.0328. The molecule has 4 rings (SSSR count). The highest BCUT2D eigenvalue weighted by atomic mass is 16.4. The highest BCUT2D eigenvalue weighted by Crippen LogP contribution is 2.68. The summed E-state index contributed by atoms with van der Waals surface area (Å²) in [5.74, 6) is -0.961. The van der Waals surface area contributed by atoms with Gasteiger partial charge in [-0.25, -0.2) is 0 Å².